The van der Waals surface area contributed by atoms with Crippen LogP contribution in [0.1, 0.15) is 33.6 Å². The fraction of sp³-hybridized carbons (Fsp3) is 0.389. The number of hydrogen-bond acceptors (Lipinski definition) is 3. The van der Waals surface area contributed by atoms with Gasteiger partial charge < -0.3 is 10.1 Å². The second-order valence-electron chi connectivity index (χ2n) is 5.59. The van der Waals surface area contributed by atoms with E-state index in [1.54, 1.807) is 0 Å². The van der Waals surface area contributed by atoms with Crippen molar-refractivity contribution >= 4 is 0 Å². The number of aromatic nitrogens is 1. The Kier molecular flexibility index (Phi) is 4.97. The number of nitrogens with zero attached hydrogens (tertiary/aromatic N) is 1. The Morgan fingerprint density at radius 3 is 2.33 bits per heavy atom. The van der Waals surface area contributed by atoms with Crippen molar-refractivity contribution in [2.45, 2.75) is 40.8 Å². The van der Waals surface area contributed by atoms with Crippen LogP contribution in [0.2, 0.25) is 0 Å². The molecule has 0 atom stereocenters. The number of benzene rings is 1. The van der Waals surface area contributed by atoms with Gasteiger partial charge in [-0.2, -0.15) is 0 Å². The Labute approximate surface area is 127 Å². The van der Waals surface area contributed by atoms with E-state index in [-0.39, 0.29) is 0 Å². The normalized spacial score (nSPS) is 10.7. The number of nitrogens with one attached hydrogen (secondary N) is 1. The summed E-state index contributed by atoms with van der Waals surface area (Å²) >= 11 is 0. The molecule has 112 valence electrons. The van der Waals surface area contributed by atoms with Gasteiger partial charge in [0.05, 0.1) is 5.69 Å². The summed E-state index contributed by atoms with van der Waals surface area (Å²) in [4.78, 5) is 4.55. The second kappa shape index (κ2) is 6.72. The number of hydrogen-bond donors (Lipinski definition) is 1. The van der Waals surface area contributed by atoms with E-state index in [4.69, 9.17) is 4.74 Å². The van der Waals surface area contributed by atoms with E-state index in [9.17, 15) is 0 Å². The van der Waals surface area contributed by atoms with Crippen LogP contribution in [0.4, 0.5) is 0 Å². The molecule has 21 heavy (non-hydrogen) atoms. The molecule has 0 unspecified atom stereocenters. The van der Waals surface area contributed by atoms with Crippen LogP contribution in [0.15, 0.2) is 24.3 Å². The molecule has 0 saturated carbocycles. The Hall–Kier alpha value is -1.87. The van der Waals surface area contributed by atoms with E-state index in [2.05, 4.69) is 43.2 Å². The molecule has 0 fully saturated rings. The maximum Gasteiger partial charge on any atom is 0.142 e. The number of pyridine rings is 1. The monoisotopic (exact) mass is 284 g/mol. The van der Waals surface area contributed by atoms with E-state index < -0.39 is 0 Å². The third-order valence-corrected chi connectivity index (χ3v) is 3.63. The van der Waals surface area contributed by atoms with E-state index >= 15 is 0 Å². The molecule has 0 aliphatic rings. The molecule has 0 bridgehead atoms. The van der Waals surface area contributed by atoms with Crippen LogP contribution in [0.25, 0.3) is 0 Å². The molecule has 0 saturated heterocycles. The number of aryl methyl sites for hydroxylation is 4. The fourth-order valence-corrected chi connectivity index (χ4v) is 2.61. The third kappa shape index (κ3) is 3.82. The van der Waals surface area contributed by atoms with Crippen molar-refractivity contribution in [1.29, 1.82) is 0 Å². The van der Waals surface area contributed by atoms with Gasteiger partial charge in [-0.25, -0.2) is 0 Å². The average Bonchev–Trinajstić information content (AvgIpc) is 2.40. The van der Waals surface area contributed by atoms with Gasteiger partial charge in [-0.3, -0.25) is 4.98 Å². The maximum absolute atomic E-state index is 6.03. The van der Waals surface area contributed by atoms with Gasteiger partial charge in [-0.15, -0.1) is 0 Å². The second-order valence-corrected chi connectivity index (χ2v) is 5.59. The topological polar surface area (TPSA) is 34.2 Å². The minimum atomic E-state index is 0.583. The highest BCUT2D eigenvalue weighted by Crippen LogP contribution is 2.22. The maximum atomic E-state index is 6.03. The summed E-state index contributed by atoms with van der Waals surface area (Å²) in [6.45, 7) is 9.69. The molecule has 2 aromatic rings. The minimum Gasteiger partial charge on any atom is -0.487 e. The van der Waals surface area contributed by atoms with Crippen LogP contribution < -0.4 is 10.1 Å². The lowest BCUT2D eigenvalue weighted by molar-refractivity contribution is 0.299. The van der Waals surface area contributed by atoms with Crippen LogP contribution >= 0.6 is 0 Å². The lowest BCUT2D eigenvalue weighted by Gasteiger charge is -2.15. The molecule has 1 heterocycles. The van der Waals surface area contributed by atoms with Crippen LogP contribution in [0.5, 0.6) is 5.75 Å². The van der Waals surface area contributed by atoms with Crippen molar-refractivity contribution in [2.24, 2.45) is 0 Å². The molecule has 0 amide bonds. The first-order valence-corrected chi connectivity index (χ1v) is 7.32. The lowest BCUT2D eigenvalue weighted by atomic mass is 10.0. The lowest BCUT2D eigenvalue weighted by Crippen LogP contribution is -2.10. The molecule has 0 aliphatic carbocycles. The first-order valence-electron chi connectivity index (χ1n) is 7.32. The van der Waals surface area contributed by atoms with Crippen molar-refractivity contribution in [2.75, 3.05) is 7.05 Å². The molecule has 1 N–H and O–H groups in total. The van der Waals surface area contributed by atoms with Gasteiger partial charge in [-0.1, -0.05) is 17.7 Å². The summed E-state index contributed by atoms with van der Waals surface area (Å²) in [6.07, 6.45) is 0. The summed E-state index contributed by atoms with van der Waals surface area (Å²) < 4.78 is 6.03. The SMILES string of the molecule is CNCc1nc(C)ccc1OCc1c(C)cc(C)cc1C. The molecular weight excluding hydrogens is 260 g/mol. The Bertz CT molecular complexity index is 612. The van der Waals surface area contributed by atoms with E-state index in [0.717, 1.165) is 17.1 Å². The van der Waals surface area contributed by atoms with Gasteiger partial charge in [0, 0.05) is 12.2 Å². The summed E-state index contributed by atoms with van der Waals surface area (Å²) in [5, 5.41) is 3.14. The van der Waals surface area contributed by atoms with Crippen LogP contribution in [0, 0.1) is 27.7 Å². The van der Waals surface area contributed by atoms with Crippen molar-refractivity contribution < 1.29 is 4.74 Å². The highest BCUT2D eigenvalue weighted by Gasteiger charge is 2.08. The summed E-state index contributed by atoms with van der Waals surface area (Å²) in [6, 6.07) is 8.40. The summed E-state index contributed by atoms with van der Waals surface area (Å²) in [5.41, 5.74) is 7.08. The van der Waals surface area contributed by atoms with Gasteiger partial charge in [0.2, 0.25) is 0 Å². The first-order chi connectivity index (χ1) is 10.0. The molecule has 3 nitrogen and oxygen atoms in total. The van der Waals surface area contributed by atoms with Crippen molar-refractivity contribution in [3.63, 3.8) is 0 Å². The van der Waals surface area contributed by atoms with Crippen LogP contribution in [0.3, 0.4) is 0 Å². The molecule has 0 radical (unpaired) electrons. The van der Waals surface area contributed by atoms with Crippen LogP contribution in [-0.2, 0) is 13.2 Å². The van der Waals surface area contributed by atoms with Gasteiger partial charge in [-0.05, 0) is 63.6 Å². The van der Waals surface area contributed by atoms with Crippen molar-refractivity contribution in [1.82, 2.24) is 10.3 Å². The summed E-state index contributed by atoms with van der Waals surface area (Å²) in [5.74, 6) is 0.856. The highest BCUT2D eigenvalue weighted by atomic mass is 16.5. The zero-order chi connectivity index (χ0) is 15.4. The first kappa shape index (κ1) is 15.5. The van der Waals surface area contributed by atoms with Gasteiger partial charge in [0.25, 0.3) is 0 Å². The fourth-order valence-electron chi connectivity index (χ4n) is 2.61. The Morgan fingerprint density at radius 2 is 1.71 bits per heavy atom. The zero-order valence-electron chi connectivity index (χ0n) is 13.6. The zero-order valence-corrected chi connectivity index (χ0v) is 13.6. The number of ether oxygens (including phenoxy) is 1. The van der Waals surface area contributed by atoms with Gasteiger partial charge >= 0.3 is 0 Å². The van der Waals surface area contributed by atoms with Crippen molar-refractivity contribution in [3.8, 4) is 5.75 Å². The number of rotatable bonds is 5. The Morgan fingerprint density at radius 1 is 1.05 bits per heavy atom. The Balaban J connectivity index is 2.20. The van der Waals surface area contributed by atoms with E-state index in [1.807, 2.05) is 26.1 Å². The third-order valence-electron chi connectivity index (χ3n) is 3.63. The van der Waals surface area contributed by atoms with E-state index in [1.165, 1.54) is 22.3 Å². The molecule has 2 rings (SSSR count). The molecule has 0 spiro atoms. The predicted octanol–water partition coefficient (Wildman–Crippen LogP) is 3.61. The smallest absolute Gasteiger partial charge is 0.142 e. The highest BCUT2D eigenvalue weighted by molar-refractivity contribution is 5.38. The largest absolute Gasteiger partial charge is 0.487 e. The quantitative estimate of drug-likeness (QED) is 0.910. The van der Waals surface area contributed by atoms with E-state index in [0.29, 0.717) is 13.2 Å². The van der Waals surface area contributed by atoms with Crippen molar-refractivity contribution in [3.05, 3.63) is 57.9 Å². The molecule has 1 aromatic carbocycles. The molecule has 3 heteroatoms. The average molecular weight is 284 g/mol. The molecule has 1 aromatic heterocycles. The minimum absolute atomic E-state index is 0.583. The predicted molar refractivity (Wildman–Crippen MR) is 86.7 cm³/mol. The summed E-state index contributed by atoms with van der Waals surface area (Å²) in [7, 11) is 1.92. The molecule has 0 aliphatic heterocycles. The van der Waals surface area contributed by atoms with Gasteiger partial charge in [0.1, 0.15) is 12.4 Å². The van der Waals surface area contributed by atoms with Gasteiger partial charge in [0.15, 0.2) is 0 Å². The van der Waals surface area contributed by atoms with Crippen LogP contribution in [-0.4, -0.2) is 12.0 Å². The standard InChI is InChI=1S/C18H24N2O/c1-12-8-13(2)16(14(3)9-12)11-21-18-7-6-15(4)20-17(18)10-19-5/h6-9,19H,10-11H2,1-5H3. The molecular formula is C18H24N2O.